The number of hydrogen-bond acceptors (Lipinski definition) is 5. The van der Waals surface area contributed by atoms with E-state index in [9.17, 15) is 9.59 Å². The van der Waals surface area contributed by atoms with Crippen LogP contribution in [0.25, 0.3) is 0 Å². The number of rotatable bonds is 5. The Balaban J connectivity index is 1.91. The van der Waals surface area contributed by atoms with Crippen molar-refractivity contribution in [3.8, 4) is 0 Å². The number of hydrogen-bond donors (Lipinski definition) is 1. The highest BCUT2D eigenvalue weighted by Gasteiger charge is 2.25. The summed E-state index contributed by atoms with van der Waals surface area (Å²) in [7, 11) is 0. The lowest BCUT2D eigenvalue weighted by Gasteiger charge is -2.16. The van der Waals surface area contributed by atoms with Crippen molar-refractivity contribution in [1.82, 2.24) is 0 Å². The molecule has 0 aromatic heterocycles. The Morgan fingerprint density at radius 3 is 2.74 bits per heavy atom. The van der Waals surface area contributed by atoms with Crippen molar-refractivity contribution in [2.45, 2.75) is 6.42 Å². The van der Waals surface area contributed by atoms with Gasteiger partial charge in [-0.1, -0.05) is 42.5 Å². The summed E-state index contributed by atoms with van der Waals surface area (Å²) >= 11 is 2.42. The normalized spacial score (nSPS) is 17.9. The van der Waals surface area contributed by atoms with Gasteiger partial charge in [-0.15, -0.1) is 11.8 Å². The first-order valence-electron chi connectivity index (χ1n) is 6.96. The van der Waals surface area contributed by atoms with Gasteiger partial charge in [0.05, 0.1) is 16.4 Å². The molecule has 1 aromatic carbocycles. The maximum Gasteiger partial charge on any atom is 0.313 e. The average Bonchev–Trinajstić information content (AvgIpc) is 3.06. The van der Waals surface area contributed by atoms with Crippen molar-refractivity contribution in [2.24, 2.45) is 4.40 Å². The summed E-state index contributed by atoms with van der Waals surface area (Å²) in [5.74, 6) is -1.23. The molecular weight excluding hydrogens is 330 g/mol. The first kappa shape index (κ1) is 15.8. The van der Waals surface area contributed by atoms with Crippen LogP contribution in [0.15, 0.2) is 62.8 Å². The highest BCUT2D eigenvalue weighted by atomic mass is 32.2. The van der Waals surface area contributed by atoms with Crippen molar-refractivity contribution < 1.29 is 14.7 Å². The van der Waals surface area contributed by atoms with Crippen molar-refractivity contribution in [3.63, 3.8) is 0 Å². The van der Waals surface area contributed by atoms with Crippen LogP contribution >= 0.6 is 23.7 Å². The zero-order valence-electron chi connectivity index (χ0n) is 12.1. The monoisotopic (exact) mass is 343 g/mol. The second-order valence-electron chi connectivity index (χ2n) is 4.90. The summed E-state index contributed by atoms with van der Waals surface area (Å²) in [5, 5.41) is 8.83. The van der Waals surface area contributed by atoms with Gasteiger partial charge in [-0.25, -0.2) is 4.40 Å². The number of nitrogens with zero attached hydrogens (tertiary/aromatic N) is 1. The quantitative estimate of drug-likeness (QED) is 0.822. The molecule has 0 aliphatic heterocycles. The van der Waals surface area contributed by atoms with E-state index in [1.807, 2.05) is 24.3 Å². The number of Topliss-reactive ketones (excluding diaryl/α,β-unsaturated/α-hetero) is 1. The molecule has 23 heavy (non-hydrogen) atoms. The van der Waals surface area contributed by atoms with Crippen molar-refractivity contribution in [1.29, 1.82) is 0 Å². The minimum Gasteiger partial charge on any atom is -0.481 e. The zero-order chi connectivity index (χ0) is 16.2. The summed E-state index contributed by atoms with van der Waals surface area (Å²) in [6.45, 7) is 0. The van der Waals surface area contributed by atoms with Crippen molar-refractivity contribution in [3.05, 3.63) is 69.5 Å². The Bertz CT molecular complexity index is 791. The third-order valence-corrected chi connectivity index (χ3v) is 5.12. The van der Waals surface area contributed by atoms with Gasteiger partial charge in [0.1, 0.15) is 0 Å². The molecule has 2 aliphatic carbocycles. The second kappa shape index (κ2) is 7.02. The largest absolute Gasteiger partial charge is 0.481 e. The number of carbonyl (C=O) groups excluding carboxylic acids is 1. The van der Waals surface area contributed by atoms with E-state index in [1.165, 1.54) is 11.9 Å². The highest BCUT2D eigenvalue weighted by Crippen LogP contribution is 2.31. The minimum absolute atomic E-state index is 0.141. The molecule has 1 aromatic rings. The summed E-state index contributed by atoms with van der Waals surface area (Å²) < 4.78 is 4.55. The van der Waals surface area contributed by atoms with Crippen molar-refractivity contribution in [2.75, 3.05) is 5.75 Å². The molecule has 0 atom stereocenters. The van der Waals surface area contributed by atoms with Crippen LogP contribution in [0, 0.1) is 0 Å². The predicted molar refractivity (Wildman–Crippen MR) is 94.9 cm³/mol. The molecule has 0 unspecified atom stereocenters. The third kappa shape index (κ3) is 3.65. The van der Waals surface area contributed by atoms with Crippen LogP contribution in [0.2, 0.25) is 0 Å². The second-order valence-corrected chi connectivity index (χ2v) is 6.81. The third-order valence-electron chi connectivity index (χ3n) is 3.29. The zero-order valence-corrected chi connectivity index (χ0v) is 13.7. The van der Waals surface area contributed by atoms with E-state index < -0.39 is 5.97 Å². The Labute approximate surface area is 142 Å². The SMILES string of the molecule is O=C(O)CSC1=CC(=NSC2=CC=CC2)c2ccccc2C1=O. The number of thioether (sulfide) groups is 1. The van der Waals surface area contributed by atoms with Gasteiger partial charge >= 0.3 is 5.97 Å². The molecule has 1 N–H and O–H groups in total. The molecule has 0 radical (unpaired) electrons. The fraction of sp³-hybridized carbons (Fsp3) is 0.118. The van der Waals surface area contributed by atoms with Gasteiger partial charge in [0.15, 0.2) is 5.78 Å². The lowest BCUT2D eigenvalue weighted by molar-refractivity contribution is -0.133. The number of allylic oxidation sites excluding steroid dienone is 6. The lowest BCUT2D eigenvalue weighted by atomic mass is 9.94. The van der Waals surface area contributed by atoms with E-state index in [4.69, 9.17) is 5.11 Å². The molecule has 0 bridgehead atoms. The van der Waals surface area contributed by atoms with Gasteiger partial charge in [-0.2, -0.15) is 0 Å². The Morgan fingerprint density at radius 1 is 1.26 bits per heavy atom. The number of carboxylic acids is 1. The van der Waals surface area contributed by atoms with E-state index in [-0.39, 0.29) is 11.5 Å². The van der Waals surface area contributed by atoms with Crippen LogP contribution in [0.4, 0.5) is 0 Å². The van der Waals surface area contributed by atoms with Crippen LogP contribution in [-0.4, -0.2) is 28.3 Å². The number of ketones is 1. The summed E-state index contributed by atoms with van der Waals surface area (Å²) in [6, 6.07) is 7.28. The lowest BCUT2D eigenvalue weighted by Crippen LogP contribution is -2.16. The van der Waals surface area contributed by atoms with Crippen LogP contribution in [0.1, 0.15) is 22.3 Å². The Kier molecular flexibility index (Phi) is 4.83. The highest BCUT2D eigenvalue weighted by molar-refractivity contribution is 8.04. The Morgan fingerprint density at radius 2 is 2.04 bits per heavy atom. The summed E-state index contributed by atoms with van der Waals surface area (Å²) in [6.07, 6.45) is 8.62. The van der Waals surface area contributed by atoms with Gasteiger partial charge in [0.2, 0.25) is 0 Å². The van der Waals surface area contributed by atoms with Gasteiger partial charge < -0.3 is 5.11 Å². The maximum atomic E-state index is 12.5. The van der Waals surface area contributed by atoms with Crippen LogP contribution < -0.4 is 0 Å². The topological polar surface area (TPSA) is 66.7 Å². The first-order chi connectivity index (χ1) is 11.1. The smallest absolute Gasteiger partial charge is 0.313 e. The van der Waals surface area contributed by atoms with Crippen LogP contribution in [-0.2, 0) is 4.79 Å². The molecule has 0 saturated heterocycles. The van der Waals surface area contributed by atoms with E-state index in [0.29, 0.717) is 16.2 Å². The predicted octanol–water partition coefficient (Wildman–Crippen LogP) is 3.87. The number of fused-ring (bicyclic) bond motifs is 1. The molecule has 0 saturated carbocycles. The summed E-state index contributed by atoms with van der Waals surface area (Å²) in [5.41, 5.74) is 2.06. The summed E-state index contributed by atoms with van der Waals surface area (Å²) in [4.78, 5) is 24.8. The molecule has 0 amide bonds. The fourth-order valence-corrected chi connectivity index (χ4v) is 3.62. The fourth-order valence-electron chi connectivity index (χ4n) is 2.23. The molecule has 2 aliphatic rings. The molecule has 6 heteroatoms. The van der Waals surface area contributed by atoms with E-state index in [1.54, 1.807) is 18.2 Å². The van der Waals surface area contributed by atoms with Gasteiger partial charge in [-0.05, 0) is 12.5 Å². The standard InChI is InChI=1S/C17H13NO3S2/c19-16(20)10-22-15-9-14(18-23-11-5-1-2-6-11)12-7-3-4-8-13(12)17(15)21/h1-5,7-9H,6,10H2,(H,19,20). The van der Waals surface area contributed by atoms with E-state index in [2.05, 4.69) is 10.5 Å². The first-order valence-corrected chi connectivity index (χ1v) is 8.72. The molecule has 3 rings (SSSR count). The minimum atomic E-state index is -0.947. The van der Waals surface area contributed by atoms with Crippen molar-refractivity contribution >= 4 is 41.2 Å². The average molecular weight is 343 g/mol. The van der Waals surface area contributed by atoms with Gasteiger partial charge in [0, 0.05) is 28.0 Å². The van der Waals surface area contributed by atoms with E-state index in [0.717, 1.165) is 28.7 Å². The molecule has 0 heterocycles. The molecule has 4 nitrogen and oxygen atoms in total. The number of carbonyl (C=O) groups is 2. The van der Waals surface area contributed by atoms with Gasteiger partial charge in [-0.3, -0.25) is 9.59 Å². The van der Waals surface area contributed by atoms with E-state index >= 15 is 0 Å². The molecule has 116 valence electrons. The molecule has 0 fully saturated rings. The Hall–Kier alpha value is -2.05. The van der Waals surface area contributed by atoms with Crippen LogP contribution in [0.3, 0.4) is 0 Å². The maximum absolute atomic E-state index is 12.5. The number of carboxylic acid groups (broad SMARTS) is 1. The van der Waals surface area contributed by atoms with Gasteiger partial charge in [0.25, 0.3) is 0 Å². The molecule has 0 spiro atoms. The molecular formula is C17H13NO3S2. The number of aliphatic carboxylic acids is 1. The van der Waals surface area contributed by atoms with Crippen LogP contribution in [0.5, 0.6) is 0 Å². The number of benzene rings is 1.